The Morgan fingerprint density at radius 3 is 2.50 bits per heavy atom. The van der Waals surface area contributed by atoms with Crippen LogP contribution in [0.25, 0.3) is 0 Å². The molecule has 1 aliphatic carbocycles. The van der Waals surface area contributed by atoms with Crippen LogP contribution in [0.1, 0.15) is 39.0 Å². The molecule has 0 aromatic rings. The lowest BCUT2D eigenvalue weighted by molar-refractivity contribution is -0.144. The molecule has 1 unspecified atom stereocenters. The maximum Gasteiger partial charge on any atom is 0.322 e. The molecule has 0 aromatic carbocycles. The van der Waals surface area contributed by atoms with E-state index in [1.165, 1.54) is 38.8 Å². The lowest BCUT2D eigenvalue weighted by atomic mass is 10.1. The van der Waals surface area contributed by atoms with E-state index in [1.54, 1.807) is 0 Å². The Hall–Kier alpha value is -0.650. The molecule has 1 saturated carbocycles. The van der Waals surface area contributed by atoms with Gasteiger partial charge in [0, 0.05) is 38.8 Å². The number of carbonyl (C=O) groups excluding carboxylic acids is 1. The highest BCUT2D eigenvalue weighted by molar-refractivity contribution is 5.75. The highest BCUT2D eigenvalue weighted by Crippen LogP contribution is 2.24. The second-order valence-corrected chi connectivity index (χ2v) is 5.96. The van der Waals surface area contributed by atoms with Gasteiger partial charge in [0.15, 0.2) is 0 Å². The molecule has 5 heteroatoms. The molecule has 1 aliphatic heterocycles. The molecule has 20 heavy (non-hydrogen) atoms. The van der Waals surface area contributed by atoms with Gasteiger partial charge < -0.3 is 15.4 Å². The molecule has 1 atom stereocenters. The van der Waals surface area contributed by atoms with Crippen LogP contribution < -0.4 is 5.73 Å². The summed E-state index contributed by atoms with van der Waals surface area (Å²) in [7, 11) is 0. The summed E-state index contributed by atoms with van der Waals surface area (Å²) in [6.07, 6.45) is 6.27. The molecular formula is C15H29N3O2. The number of carbonyl (C=O) groups is 1. The van der Waals surface area contributed by atoms with E-state index in [9.17, 15) is 4.79 Å². The zero-order chi connectivity index (χ0) is 14.4. The van der Waals surface area contributed by atoms with Crippen LogP contribution in [0.3, 0.4) is 0 Å². The molecule has 0 amide bonds. The van der Waals surface area contributed by atoms with Crippen LogP contribution in [0.2, 0.25) is 0 Å². The van der Waals surface area contributed by atoms with E-state index in [0.717, 1.165) is 25.7 Å². The Balaban J connectivity index is 1.63. The minimum Gasteiger partial charge on any atom is -0.465 e. The molecule has 1 heterocycles. The number of hydrogen-bond acceptors (Lipinski definition) is 5. The zero-order valence-corrected chi connectivity index (χ0v) is 12.7. The van der Waals surface area contributed by atoms with Gasteiger partial charge in [0.1, 0.15) is 6.04 Å². The predicted octanol–water partition coefficient (Wildman–Crippen LogP) is 0.827. The lowest BCUT2D eigenvalue weighted by Gasteiger charge is -2.38. The minimum atomic E-state index is -0.470. The first-order chi connectivity index (χ1) is 9.70. The second kappa shape index (κ2) is 7.96. The first kappa shape index (κ1) is 15.7. The Bertz CT molecular complexity index is 297. The van der Waals surface area contributed by atoms with Crippen molar-refractivity contribution in [3.63, 3.8) is 0 Å². The van der Waals surface area contributed by atoms with Gasteiger partial charge in [-0.05, 0) is 26.2 Å². The van der Waals surface area contributed by atoms with Crippen molar-refractivity contribution < 1.29 is 9.53 Å². The molecule has 2 N–H and O–H groups in total. The molecule has 0 bridgehead atoms. The van der Waals surface area contributed by atoms with Crippen molar-refractivity contribution in [1.29, 1.82) is 0 Å². The van der Waals surface area contributed by atoms with Gasteiger partial charge in [-0.25, -0.2) is 0 Å². The third-order valence-corrected chi connectivity index (χ3v) is 4.59. The zero-order valence-electron chi connectivity index (χ0n) is 12.7. The number of nitrogens with zero attached hydrogens (tertiary/aromatic N) is 2. The van der Waals surface area contributed by atoms with E-state index in [1.807, 2.05) is 6.92 Å². The molecule has 2 fully saturated rings. The van der Waals surface area contributed by atoms with Crippen molar-refractivity contribution in [3.8, 4) is 0 Å². The van der Waals surface area contributed by atoms with Gasteiger partial charge in [-0.1, -0.05) is 12.8 Å². The first-order valence-corrected chi connectivity index (χ1v) is 8.09. The fourth-order valence-electron chi connectivity index (χ4n) is 3.31. The molecule has 0 aromatic heterocycles. The summed E-state index contributed by atoms with van der Waals surface area (Å²) in [5.74, 6) is -0.267. The monoisotopic (exact) mass is 283 g/mol. The highest BCUT2D eigenvalue weighted by atomic mass is 16.5. The SMILES string of the molecule is CCOC(=O)C(N)CCN1CCN(C2CCCC2)CC1. The Morgan fingerprint density at radius 1 is 1.25 bits per heavy atom. The van der Waals surface area contributed by atoms with Crippen molar-refractivity contribution >= 4 is 5.97 Å². The van der Waals surface area contributed by atoms with Gasteiger partial charge >= 0.3 is 5.97 Å². The van der Waals surface area contributed by atoms with Crippen LogP contribution >= 0.6 is 0 Å². The summed E-state index contributed by atoms with van der Waals surface area (Å²) in [4.78, 5) is 16.5. The quantitative estimate of drug-likeness (QED) is 0.732. The molecule has 1 saturated heterocycles. The van der Waals surface area contributed by atoms with Gasteiger partial charge in [0.2, 0.25) is 0 Å². The summed E-state index contributed by atoms with van der Waals surface area (Å²) in [5, 5.41) is 0. The largest absolute Gasteiger partial charge is 0.465 e. The van der Waals surface area contributed by atoms with Crippen LogP contribution in [-0.4, -0.2) is 67.2 Å². The standard InChI is InChI=1S/C15H29N3O2/c1-2-20-15(19)14(16)7-8-17-9-11-18(12-10-17)13-5-3-4-6-13/h13-14H,2-12,16H2,1H3. The molecule has 2 aliphatic rings. The second-order valence-electron chi connectivity index (χ2n) is 5.96. The van der Waals surface area contributed by atoms with Crippen molar-refractivity contribution in [3.05, 3.63) is 0 Å². The smallest absolute Gasteiger partial charge is 0.322 e. The van der Waals surface area contributed by atoms with Gasteiger partial charge in [0.05, 0.1) is 6.61 Å². The Labute approximate surface area is 122 Å². The number of esters is 1. The van der Waals surface area contributed by atoms with E-state index in [-0.39, 0.29) is 5.97 Å². The third-order valence-electron chi connectivity index (χ3n) is 4.59. The first-order valence-electron chi connectivity index (χ1n) is 8.09. The van der Waals surface area contributed by atoms with E-state index in [0.29, 0.717) is 13.0 Å². The molecule has 5 nitrogen and oxygen atoms in total. The predicted molar refractivity (Wildman–Crippen MR) is 79.5 cm³/mol. The van der Waals surface area contributed by atoms with Crippen molar-refractivity contribution in [2.45, 2.75) is 51.1 Å². The molecule has 0 radical (unpaired) electrons. The number of ether oxygens (including phenoxy) is 1. The van der Waals surface area contributed by atoms with E-state index in [2.05, 4.69) is 9.80 Å². The average molecular weight is 283 g/mol. The maximum absolute atomic E-state index is 11.5. The maximum atomic E-state index is 11.5. The van der Waals surface area contributed by atoms with E-state index in [4.69, 9.17) is 10.5 Å². The summed E-state index contributed by atoms with van der Waals surface area (Å²) >= 11 is 0. The van der Waals surface area contributed by atoms with Crippen molar-refractivity contribution in [2.75, 3.05) is 39.3 Å². The average Bonchev–Trinajstić information content (AvgIpc) is 2.99. The Morgan fingerprint density at radius 2 is 1.90 bits per heavy atom. The van der Waals surface area contributed by atoms with Crippen LogP contribution in [0.15, 0.2) is 0 Å². The van der Waals surface area contributed by atoms with Crippen LogP contribution in [0, 0.1) is 0 Å². The fraction of sp³-hybridized carbons (Fsp3) is 0.933. The van der Waals surface area contributed by atoms with Crippen molar-refractivity contribution in [1.82, 2.24) is 9.80 Å². The lowest BCUT2D eigenvalue weighted by Crippen LogP contribution is -2.50. The van der Waals surface area contributed by atoms with Gasteiger partial charge in [-0.15, -0.1) is 0 Å². The number of piperazine rings is 1. The fourth-order valence-corrected chi connectivity index (χ4v) is 3.31. The van der Waals surface area contributed by atoms with Gasteiger partial charge in [0.25, 0.3) is 0 Å². The summed E-state index contributed by atoms with van der Waals surface area (Å²) < 4.78 is 4.94. The van der Waals surface area contributed by atoms with Crippen LogP contribution in [-0.2, 0) is 9.53 Å². The van der Waals surface area contributed by atoms with Gasteiger partial charge in [-0.2, -0.15) is 0 Å². The minimum absolute atomic E-state index is 0.267. The molecule has 2 rings (SSSR count). The summed E-state index contributed by atoms with van der Waals surface area (Å²) in [6, 6.07) is 0.363. The third kappa shape index (κ3) is 4.43. The highest BCUT2D eigenvalue weighted by Gasteiger charge is 2.26. The number of nitrogens with two attached hydrogens (primary N) is 1. The number of hydrogen-bond donors (Lipinski definition) is 1. The summed E-state index contributed by atoms with van der Waals surface area (Å²) in [6.45, 7) is 7.66. The molecule has 116 valence electrons. The molecular weight excluding hydrogens is 254 g/mol. The van der Waals surface area contributed by atoms with Gasteiger partial charge in [-0.3, -0.25) is 9.69 Å². The van der Waals surface area contributed by atoms with Crippen LogP contribution in [0.5, 0.6) is 0 Å². The normalized spacial score (nSPS) is 23.9. The van der Waals surface area contributed by atoms with Crippen LogP contribution in [0.4, 0.5) is 0 Å². The van der Waals surface area contributed by atoms with Crippen molar-refractivity contribution in [2.24, 2.45) is 5.73 Å². The topological polar surface area (TPSA) is 58.8 Å². The number of rotatable bonds is 6. The Kier molecular flexibility index (Phi) is 6.26. The molecule has 0 spiro atoms. The summed E-state index contributed by atoms with van der Waals surface area (Å²) in [5.41, 5.74) is 5.84. The van der Waals surface area contributed by atoms with E-state index < -0.39 is 6.04 Å². The van der Waals surface area contributed by atoms with E-state index >= 15 is 0 Å².